The number of aliphatic hydroxyl groups excluding tert-OH is 1. The number of ether oxygens (including phenoxy) is 1. The molecule has 0 spiro atoms. The summed E-state index contributed by atoms with van der Waals surface area (Å²) in [4.78, 5) is 14.6. The number of rotatable bonds is 2. The summed E-state index contributed by atoms with van der Waals surface area (Å²) >= 11 is 0. The fraction of sp³-hybridized carbons (Fsp3) is 0.455. The van der Waals surface area contributed by atoms with Crippen LogP contribution in [0.15, 0.2) is 22.9 Å². The number of halogens is 5. The molecule has 3 atom stereocenters. The molecule has 6 nitrogen and oxygen atoms in total. The third-order valence-corrected chi connectivity index (χ3v) is 3.08. The van der Waals surface area contributed by atoms with E-state index in [1.807, 2.05) is 0 Å². The van der Waals surface area contributed by atoms with Gasteiger partial charge in [0.1, 0.15) is 17.5 Å². The van der Waals surface area contributed by atoms with E-state index in [1.54, 1.807) is 0 Å². The monoisotopic (exact) mass is 327 g/mol. The van der Waals surface area contributed by atoms with E-state index in [9.17, 15) is 26.7 Å². The average molecular weight is 327 g/mol. The number of nitrogens with zero attached hydrogens (tertiary/aromatic N) is 2. The molecule has 1 aromatic rings. The molecular weight excluding hydrogens is 317 g/mol. The molecule has 1 saturated heterocycles. The Morgan fingerprint density at radius 1 is 1.50 bits per heavy atom. The number of nitrogens with two attached hydrogens (primary N) is 1. The van der Waals surface area contributed by atoms with Crippen LogP contribution in [0.2, 0.25) is 0 Å². The Labute approximate surface area is 119 Å². The topological polar surface area (TPSA) is 90.4 Å². The number of hydrogen-bond acceptors (Lipinski definition) is 5. The van der Waals surface area contributed by atoms with Crippen LogP contribution in [-0.2, 0) is 10.9 Å². The highest BCUT2D eigenvalue weighted by molar-refractivity contribution is 5.39. The van der Waals surface area contributed by atoms with Crippen molar-refractivity contribution in [3.63, 3.8) is 0 Å². The summed E-state index contributed by atoms with van der Waals surface area (Å²) < 4.78 is 70.0. The minimum Gasteiger partial charge on any atom is -0.394 e. The van der Waals surface area contributed by atoms with E-state index in [4.69, 9.17) is 15.6 Å². The summed E-state index contributed by atoms with van der Waals surface area (Å²) in [6.45, 7) is -0.849. The van der Waals surface area contributed by atoms with Gasteiger partial charge in [0.2, 0.25) is 0 Å². The van der Waals surface area contributed by atoms with E-state index in [-0.39, 0.29) is 17.1 Å². The maximum absolute atomic E-state index is 13.8. The van der Waals surface area contributed by atoms with Gasteiger partial charge in [-0.2, -0.15) is 18.2 Å². The van der Waals surface area contributed by atoms with Gasteiger partial charge in [-0.15, -0.1) is 0 Å². The van der Waals surface area contributed by atoms with Crippen molar-refractivity contribution in [3.8, 4) is 0 Å². The van der Waals surface area contributed by atoms with Crippen LogP contribution in [-0.4, -0.2) is 33.5 Å². The van der Waals surface area contributed by atoms with Crippen LogP contribution in [0.4, 0.5) is 27.8 Å². The molecule has 0 aromatic carbocycles. The molecule has 1 aliphatic rings. The Balaban J connectivity index is 2.56. The largest absolute Gasteiger partial charge is 0.421 e. The first-order valence-electron chi connectivity index (χ1n) is 5.87. The highest BCUT2D eigenvalue weighted by atomic mass is 19.4. The van der Waals surface area contributed by atoms with E-state index >= 15 is 0 Å². The lowest BCUT2D eigenvalue weighted by Crippen LogP contribution is -2.31. The first-order valence-corrected chi connectivity index (χ1v) is 5.87. The lowest BCUT2D eigenvalue weighted by Gasteiger charge is -2.17. The number of aromatic nitrogens is 2. The van der Waals surface area contributed by atoms with E-state index in [2.05, 4.69) is 4.98 Å². The van der Waals surface area contributed by atoms with Crippen molar-refractivity contribution in [3.05, 3.63) is 34.1 Å². The van der Waals surface area contributed by atoms with Crippen molar-refractivity contribution in [1.82, 2.24) is 9.55 Å². The number of hydrogen-bond donors (Lipinski definition) is 2. The highest BCUT2D eigenvalue weighted by Gasteiger charge is 2.43. The molecule has 3 N–H and O–H groups in total. The Bertz CT molecular complexity index is 657. The second kappa shape index (κ2) is 5.65. The van der Waals surface area contributed by atoms with Gasteiger partial charge < -0.3 is 15.6 Å². The van der Waals surface area contributed by atoms with Gasteiger partial charge in [-0.1, -0.05) is 0 Å². The Morgan fingerprint density at radius 3 is 2.64 bits per heavy atom. The average Bonchev–Trinajstić information content (AvgIpc) is 2.73. The summed E-state index contributed by atoms with van der Waals surface area (Å²) in [5, 5.41) is 8.89. The Morgan fingerprint density at radius 2 is 2.14 bits per heavy atom. The fourth-order valence-electron chi connectivity index (χ4n) is 2.01. The van der Waals surface area contributed by atoms with Gasteiger partial charge in [0.25, 0.3) is 0 Å². The number of anilines is 1. The van der Waals surface area contributed by atoms with Crippen LogP contribution in [0.1, 0.15) is 11.8 Å². The van der Waals surface area contributed by atoms with Crippen molar-refractivity contribution in [2.45, 2.75) is 24.7 Å². The molecule has 122 valence electrons. The second-order valence-electron chi connectivity index (χ2n) is 4.45. The van der Waals surface area contributed by atoms with Gasteiger partial charge in [0, 0.05) is 11.8 Å². The van der Waals surface area contributed by atoms with Crippen LogP contribution in [0.25, 0.3) is 0 Å². The molecule has 0 amide bonds. The lowest BCUT2D eigenvalue weighted by molar-refractivity contribution is -0.138. The van der Waals surface area contributed by atoms with Crippen molar-refractivity contribution < 1.29 is 31.8 Å². The first-order chi connectivity index (χ1) is 10.2. The molecule has 2 rings (SSSR count). The van der Waals surface area contributed by atoms with Crippen LogP contribution >= 0.6 is 0 Å². The lowest BCUT2D eigenvalue weighted by atomic mass is 10.1. The molecule has 0 saturated carbocycles. The van der Waals surface area contributed by atoms with Gasteiger partial charge in [0.05, 0.1) is 12.9 Å². The molecule has 2 heterocycles. The molecule has 1 fully saturated rings. The van der Waals surface area contributed by atoms with Gasteiger partial charge in [-0.05, 0) is 0 Å². The molecule has 1 aliphatic heterocycles. The Hall–Kier alpha value is -2.01. The smallest absolute Gasteiger partial charge is 0.394 e. The molecule has 3 unspecified atom stereocenters. The van der Waals surface area contributed by atoms with Crippen molar-refractivity contribution in [1.29, 1.82) is 0 Å². The maximum Gasteiger partial charge on any atom is 0.421 e. The van der Waals surface area contributed by atoms with Crippen molar-refractivity contribution >= 4 is 5.82 Å². The van der Waals surface area contributed by atoms with Gasteiger partial charge in [-0.25, -0.2) is 13.6 Å². The van der Waals surface area contributed by atoms with E-state index in [0.29, 0.717) is 0 Å². The quantitative estimate of drug-likeness (QED) is 0.789. The SMILES string of the molecule is Nc1nc(=O)n(C2OC(CO)C(F)/C2=C\F)cc1C(F)(F)F. The predicted molar refractivity (Wildman–Crippen MR) is 63.0 cm³/mol. The molecule has 1 aromatic heterocycles. The summed E-state index contributed by atoms with van der Waals surface area (Å²) in [6.07, 6.45) is -10.3. The summed E-state index contributed by atoms with van der Waals surface area (Å²) in [7, 11) is 0. The molecule has 0 aliphatic carbocycles. The number of nitrogen functional groups attached to an aromatic ring is 1. The predicted octanol–water partition coefficient (Wildman–Crippen LogP) is 0.925. The van der Waals surface area contributed by atoms with Crippen LogP contribution < -0.4 is 11.4 Å². The fourth-order valence-corrected chi connectivity index (χ4v) is 2.01. The van der Waals surface area contributed by atoms with Crippen LogP contribution in [0, 0.1) is 0 Å². The van der Waals surface area contributed by atoms with E-state index in [0.717, 1.165) is 0 Å². The molecule has 11 heteroatoms. The van der Waals surface area contributed by atoms with Gasteiger partial charge in [-0.3, -0.25) is 4.57 Å². The third kappa shape index (κ3) is 2.68. The summed E-state index contributed by atoms with van der Waals surface area (Å²) in [6, 6.07) is 0. The van der Waals surface area contributed by atoms with E-state index < -0.39 is 53.9 Å². The highest BCUT2D eigenvalue weighted by Crippen LogP contribution is 2.37. The van der Waals surface area contributed by atoms with Crippen LogP contribution in [0.5, 0.6) is 0 Å². The van der Waals surface area contributed by atoms with Crippen LogP contribution in [0.3, 0.4) is 0 Å². The van der Waals surface area contributed by atoms with Gasteiger partial charge in [0.15, 0.2) is 12.4 Å². The summed E-state index contributed by atoms with van der Waals surface area (Å²) in [5.74, 6) is -1.06. The number of alkyl halides is 4. The zero-order valence-corrected chi connectivity index (χ0v) is 10.7. The summed E-state index contributed by atoms with van der Waals surface area (Å²) in [5.41, 5.74) is 1.58. The Kier molecular flexibility index (Phi) is 4.20. The maximum atomic E-state index is 13.8. The third-order valence-electron chi connectivity index (χ3n) is 3.08. The zero-order valence-electron chi connectivity index (χ0n) is 10.7. The molecule has 0 radical (unpaired) electrons. The van der Waals surface area contributed by atoms with Crippen molar-refractivity contribution in [2.75, 3.05) is 12.3 Å². The van der Waals surface area contributed by atoms with E-state index in [1.165, 1.54) is 0 Å². The zero-order chi connectivity index (χ0) is 16.7. The molecule has 22 heavy (non-hydrogen) atoms. The second-order valence-corrected chi connectivity index (χ2v) is 4.45. The minimum absolute atomic E-state index is 0.221. The number of aliphatic hydroxyl groups is 1. The minimum atomic E-state index is -4.92. The standard InChI is InChI=1S/C11H10F5N3O3/c12-1-4-7(13)6(3-20)22-9(4)19-2-5(11(14,15)16)8(17)18-10(19)21/h1-2,6-7,9,20H,3H2,(H2,17,18,21)/b4-1+. The normalized spacial score (nSPS) is 27.5. The van der Waals surface area contributed by atoms with Crippen molar-refractivity contribution in [2.24, 2.45) is 0 Å². The first kappa shape index (κ1) is 16.4. The van der Waals surface area contributed by atoms with Gasteiger partial charge >= 0.3 is 11.9 Å². The molecule has 0 bridgehead atoms. The molecular formula is C11H10F5N3O3.